The number of H-pyrrole nitrogens is 1. The van der Waals surface area contributed by atoms with Crippen molar-refractivity contribution in [2.75, 3.05) is 0 Å². The number of rotatable bonds is 6. The highest BCUT2D eigenvalue weighted by Crippen LogP contribution is 2.22. The molecule has 0 spiro atoms. The molecule has 0 atom stereocenters. The van der Waals surface area contributed by atoms with E-state index in [-0.39, 0.29) is 11.2 Å². The zero-order valence-electron chi connectivity index (χ0n) is 17.0. The fourth-order valence-electron chi connectivity index (χ4n) is 3.36. The first-order valence-corrected chi connectivity index (χ1v) is 9.53. The molecule has 7 heteroatoms. The minimum absolute atomic E-state index is 0.0186. The van der Waals surface area contributed by atoms with Gasteiger partial charge in [-0.2, -0.15) is 0 Å². The molecule has 1 heterocycles. The Kier molecular flexibility index (Phi) is 5.77. The van der Waals surface area contributed by atoms with Crippen molar-refractivity contribution in [1.29, 1.82) is 0 Å². The van der Waals surface area contributed by atoms with Crippen LogP contribution in [0.15, 0.2) is 52.3 Å². The van der Waals surface area contributed by atoms with E-state index in [1.807, 2.05) is 39.8 Å². The second-order valence-corrected chi connectivity index (χ2v) is 7.12. The largest absolute Gasteiger partial charge is 0.294 e. The molecule has 0 saturated heterocycles. The Morgan fingerprint density at radius 2 is 1.86 bits per heavy atom. The van der Waals surface area contributed by atoms with Crippen molar-refractivity contribution in [2.24, 2.45) is 4.99 Å². The number of benzene rings is 2. The summed E-state index contributed by atoms with van der Waals surface area (Å²) >= 11 is 0. The number of nitrogens with zero attached hydrogens (tertiary/aromatic N) is 3. The van der Waals surface area contributed by atoms with Gasteiger partial charge in [0.2, 0.25) is 0 Å². The Bertz CT molecular complexity index is 1140. The first kappa shape index (κ1) is 20.3. The van der Waals surface area contributed by atoms with E-state index in [1.54, 1.807) is 12.1 Å². The summed E-state index contributed by atoms with van der Waals surface area (Å²) in [5.74, 6) is 0. The lowest BCUT2D eigenvalue weighted by atomic mass is 10.1. The van der Waals surface area contributed by atoms with Gasteiger partial charge in [-0.15, -0.1) is 0 Å². The molecule has 0 radical (unpaired) electrons. The Hall–Kier alpha value is -3.48. The van der Waals surface area contributed by atoms with Crippen LogP contribution in [0.2, 0.25) is 0 Å². The Labute approximate surface area is 168 Å². The summed E-state index contributed by atoms with van der Waals surface area (Å²) in [6.45, 7) is 7.91. The molecule has 29 heavy (non-hydrogen) atoms. The minimum Gasteiger partial charge on any atom is -0.294 e. The highest BCUT2D eigenvalue weighted by molar-refractivity contribution is 6.01. The molecule has 2 aromatic carbocycles. The summed E-state index contributed by atoms with van der Waals surface area (Å²) in [4.78, 5) is 28.3. The van der Waals surface area contributed by atoms with E-state index in [1.165, 1.54) is 16.8 Å². The van der Waals surface area contributed by atoms with Crippen LogP contribution in [0.4, 0.5) is 11.4 Å². The summed E-state index contributed by atoms with van der Waals surface area (Å²) in [5.41, 5.74) is 5.35. The highest BCUT2D eigenvalue weighted by atomic mass is 16.6. The van der Waals surface area contributed by atoms with Crippen LogP contribution in [0.5, 0.6) is 0 Å². The van der Waals surface area contributed by atoms with E-state index in [0.717, 1.165) is 28.9 Å². The van der Waals surface area contributed by atoms with Crippen molar-refractivity contribution < 1.29 is 4.92 Å². The van der Waals surface area contributed by atoms with Crippen LogP contribution in [0.3, 0.4) is 0 Å². The average molecular weight is 392 g/mol. The molecule has 1 N–H and O–H groups in total. The molecular weight excluding hydrogens is 368 g/mol. The topological polar surface area (TPSA) is 93.3 Å². The normalized spacial score (nSPS) is 11.7. The van der Waals surface area contributed by atoms with E-state index in [4.69, 9.17) is 4.99 Å². The van der Waals surface area contributed by atoms with Crippen molar-refractivity contribution in [3.8, 4) is 5.69 Å². The number of nitro groups is 1. The van der Waals surface area contributed by atoms with E-state index in [2.05, 4.69) is 11.2 Å². The van der Waals surface area contributed by atoms with Crippen LogP contribution in [0.1, 0.15) is 42.7 Å². The van der Waals surface area contributed by atoms with Gasteiger partial charge in [0.1, 0.15) is 0 Å². The molecule has 0 fully saturated rings. The molecule has 150 valence electrons. The first-order valence-electron chi connectivity index (χ1n) is 9.53. The van der Waals surface area contributed by atoms with Crippen LogP contribution in [-0.4, -0.2) is 20.4 Å². The maximum atomic E-state index is 13.2. The minimum atomic E-state index is -0.462. The van der Waals surface area contributed by atoms with Gasteiger partial charge in [0, 0.05) is 17.8 Å². The van der Waals surface area contributed by atoms with Gasteiger partial charge in [0.05, 0.1) is 27.6 Å². The van der Waals surface area contributed by atoms with Gasteiger partial charge >= 0.3 is 0 Å². The molecule has 3 rings (SSSR count). The Balaban J connectivity index is 2.09. The van der Waals surface area contributed by atoms with Crippen LogP contribution in [0.25, 0.3) is 5.69 Å². The molecule has 3 aromatic rings. The first-order chi connectivity index (χ1) is 13.8. The van der Waals surface area contributed by atoms with Crippen LogP contribution >= 0.6 is 0 Å². The van der Waals surface area contributed by atoms with Gasteiger partial charge in [-0.3, -0.25) is 25.0 Å². The standard InChI is InChI=1S/C22H24N4O3/c1-5-6-20-21(16(4)23-19-12-7-14(2)13-15(19)3)22(27)25(24-20)17-8-10-18(11-9-17)26(28)29/h7-13,24H,5-6H2,1-4H3. The van der Waals surface area contributed by atoms with Crippen LogP contribution in [0, 0.1) is 24.0 Å². The molecule has 0 aliphatic heterocycles. The number of nitrogens with one attached hydrogen (secondary N) is 1. The number of nitro benzene ring substituents is 1. The Morgan fingerprint density at radius 1 is 1.17 bits per heavy atom. The lowest BCUT2D eigenvalue weighted by molar-refractivity contribution is -0.384. The van der Waals surface area contributed by atoms with Gasteiger partial charge in [0.15, 0.2) is 0 Å². The highest BCUT2D eigenvalue weighted by Gasteiger charge is 2.18. The summed E-state index contributed by atoms with van der Waals surface area (Å²) < 4.78 is 1.42. The van der Waals surface area contributed by atoms with E-state index in [9.17, 15) is 14.9 Å². The molecule has 0 bridgehead atoms. The van der Waals surface area contributed by atoms with Gasteiger partial charge in [0.25, 0.3) is 11.2 Å². The zero-order chi connectivity index (χ0) is 21.1. The van der Waals surface area contributed by atoms with E-state index >= 15 is 0 Å². The van der Waals surface area contributed by atoms with E-state index in [0.29, 0.717) is 23.4 Å². The third-order valence-corrected chi connectivity index (χ3v) is 4.79. The van der Waals surface area contributed by atoms with Crippen molar-refractivity contribution in [3.05, 3.63) is 85.3 Å². The fourth-order valence-corrected chi connectivity index (χ4v) is 3.36. The summed E-state index contributed by atoms with van der Waals surface area (Å²) in [5, 5.41) is 14.0. The molecule has 0 aliphatic rings. The van der Waals surface area contributed by atoms with Crippen LogP contribution in [-0.2, 0) is 6.42 Å². The van der Waals surface area contributed by atoms with Crippen molar-refractivity contribution in [2.45, 2.75) is 40.5 Å². The van der Waals surface area contributed by atoms with E-state index < -0.39 is 4.92 Å². The number of hydrogen-bond acceptors (Lipinski definition) is 4. The predicted octanol–water partition coefficient (Wildman–Crippen LogP) is 4.78. The lowest BCUT2D eigenvalue weighted by Crippen LogP contribution is -2.19. The number of aromatic nitrogens is 2. The van der Waals surface area contributed by atoms with Crippen LogP contribution < -0.4 is 5.56 Å². The number of aliphatic imine (C=N–C) groups is 1. The second-order valence-electron chi connectivity index (χ2n) is 7.12. The molecule has 7 nitrogen and oxygen atoms in total. The molecule has 0 aliphatic carbocycles. The zero-order valence-corrected chi connectivity index (χ0v) is 17.0. The average Bonchev–Trinajstić information content (AvgIpc) is 3.00. The van der Waals surface area contributed by atoms with Crippen molar-refractivity contribution >= 4 is 17.1 Å². The lowest BCUT2D eigenvalue weighted by Gasteiger charge is -2.04. The summed E-state index contributed by atoms with van der Waals surface area (Å²) in [6.07, 6.45) is 1.56. The smallest absolute Gasteiger partial charge is 0.280 e. The number of non-ortho nitro benzene ring substituents is 1. The second kappa shape index (κ2) is 8.26. The van der Waals surface area contributed by atoms with Gasteiger partial charge in [-0.05, 0) is 51.0 Å². The van der Waals surface area contributed by atoms with Crippen molar-refractivity contribution in [3.63, 3.8) is 0 Å². The van der Waals surface area contributed by atoms with Crippen molar-refractivity contribution in [1.82, 2.24) is 9.78 Å². The SMILES string of the molecule is CCCc1[nH]n(-c2ccc([N+](=O)[O-])cc2)c(=O)c1C(C)=Nc1ccc(C)cc1C. The molecule has 0 saturated carbocycles. The number of aromatic amines is 1. The third-order valence-electron chi connectivity index (χ3n) is 4.79. The monoisotopic (exact) mass is 392 g/mol. The quantitative estimate of drug-likeness (QED) is 0.371. The van der Waals surface area contributed by atoms with Gasteiger partial charge in [-0.25, -0.2) is 4.68 Å². The fraction of sp³-hybridized carbons (Fsp3) is 0.273. The Morgan fingerprint density at radius 3 is 2.45 bits per heavy atom. The summed E-state index contributed by atoms with van der Waals surface area (Å²) in [6, 6.07) is 11.9. The third kappa shape index (κ3) is 4.18. The van der Waals surface area contributed by atoms with Gasteiger partial charge < -0.3 is 0 Å². The molecule has 0 unspecified atom stereocenters. The molecular formula is C22H24N4O3. The molecule has 1 aromatic heterocycles. The molecule has 0 amide bonds. The maximum Gasteiger partial charge on any atom is 0.280 e. The maximum absolute atomic E-state index is 13.2. The number of hydrogen-bond donors (Lipinski definition) is 1. The predicted molar refractivity (Wildman–Crippen MR) is 115 cm³/mol. The van der Waals surface area contributed by atoms with Gasteiger partial charge in [-0.1, -0.05) is 31.0 Å². The summed E-state index contributed by atoms with van der Waals surface area (Å²) in [7, 11) is 0. The number of aryl methyl sites for hydroxylation is 3.